The molecule has 1 saturated heterocycles. The zero-order valence-electron chi connectivity index (χ0n) is 9.88. The second-order valence-corrected chi connectivity index (χ2v) is 4.94. The van der Waals surface area contributed by atoms with Crippen molar-refractivity contribution in [3.63, 3.8) is 0 Å². The molecule has 1 atom stereocenters. The highest BCUT2D eigenvalue weighted by Gasteiger charge is 2.14. The monoisotopic (exact) mass is 199 g/mol. The molecular weight excluding hydrogens is 174 g/mol. The van der Waals surface area contributed by atoms with Gasteiger partial charge in [-0.2, -0.15) is 0 Å². The molecule has 84 valence electrons. The van der Waals surface area contributed by atoms with E-state index in [0.29, 0.717) is 0 Å². The predicted octanol–water partition coefficient (Wildman–Crippen LogP) is 2.29. The maximum absolute atomic E-state index is 5.34. The van der Waals surface area contributed by atoms with Crippen molar-refractivity contribution in [3.8, 4) is 0 Å². The lowest BCUT2D eigenvalue weighted by atomic mass is 9.97. The molecule has 1 rings (SSSR count). The lowest BCUT2D eigenvalue weighted by molar-refractivity contribution is 0.0659. The molecule has 0 spiro atoms. The minimum atomic E-state index is 0.787. The Balaban J connectivity index is 2.02. The van der Waals surface area contributed by atoms with E-state index < -0.39 is 0 Å². The van der Waals surface area contributed by atoms with Gasteiger partial charge in [0, 0.05) is 13.2 Å². The smallest absolute Gasteiger partial charge is 0.0469 e. The number of ether oxygens (including phenoxy) is 1. The van der Waals surface area contributed by atoms with Gasteiger partial charge in [-0.15, -0.1) is 0 Å². The van der Waals surface area contributed by atoms with Crippen LogP contribution in [0.5, 0.6) is 0 Å². The normalized spacial score (nSPS) is 21.4. The fourth-order valence-corrected chi connectivity index (χ4v) is 1.70. The average Bonchev–Trinajstić information content (AvgIpc) is 2.19. The van der Waals surface area contributed by atoms with Crippen LogP contribution in [0, 0.1) is 17.8 Å². The molecule has 0 aliphatic carbocycles. The third-order valence-electron chi connectivity index (χ3n) is 3.38. The van der Waals surface area contributed by atoms with Gasteiger partial charge in [0.15, 0.2) is 0 Å². The Kier molecular flexibility index (Phi) is 5.49. The van der Waals surface area contributed by atoms with Gasteiger partial charge in [0.05, 0.1) is 0 Å². The first-order chi connectivity index (χ1) is 6.70. The molecule has 1 aliphatic rings. The van der Waals surface area contributed by atoms with E-state index in [1.807, 2.05) is 0 Å². The number of hydrogen-bond acceptors (Lipinski definition) is 2. The Morgan fingerprint density at radius 2 is 1.86 bits per heavy atom. The number of hydrogen-bond donors (Lipinski definition) is 1. The van der Waals surface area contributed by atoms with Gasteiger partial charge in [-0.25, -0.2) is 0 Å². The molecule has 0 aromatic rings. The molecule has 14 heavy (non-hydrogen) atoms. The molecule has 0 amide bonds. The van der Waals surface area contributed by atoms with Crippen LogP contribution in [0.2, 0.25) is 0 Å². The minimum Gasteiger partial charge on any atom is -0.381 e. The Bertz CT molecular complexity index is 141. The van der Waals surface area contributed by atoms with Crippen LogP contribution in [0.15, 0.2) is 0 Å². The molecular formula is C12H25NO. The summed E-state index contributed by atoms with van der Waals surface area (Å²) in [6.45, 7) is 11.2. The molecule has 0 aromatic heterocycles. The summed E-state index contributed by atoms with van der Waals surface area (Å²) in [7, 11) is 0. The molecule has 2 nitrogen and oxygen atoms in total. The minimum absolute atomic E-state index is 0.787. The van der Waals surface area contributed by atoms with E-state index in [9.17, 15) is 0 Å². The summed E-state index contributed by atoms with van der Waals surface area (Å²) in [5.74, 6) is 2.43. The van der Waals surface area contributed by atoms with Crippen LogP contribution in [0.3, 0.4) is 0 Å². The van der Waals surface area contributed by atoms with Crippen molar-refractivity contribution >= 4 is 0 Å². The van der Waals surface area contributed by atoms with E-state index in [4.69, 9.17) is 4.74 Å². The van der Waals surface area contributed by atoms with Gasteiger partial charge in [0.2, 0.25) is 0 Å². The summed E-state index contributed by atoms with van der Waals surface area (Å²) in [4.78, 5) is 0. The highest BCUT2D eigenvalue weighted by Crippen LogP contribution is 2.14. The maximum Gasteiger partial charge on any atom is 0.0469 e. The van der Waals surface area contributed by atoms with Crippen molar-refractivity contribution < 1.29 is 4.74 Å². The van der Waals surface area contributed by atoms with Crippen LogP contribution in [0.1, 0.15) is 33.6 Å². The van der Waals surface area contributed by atoms with Gasteiger partial charge < -0.3 is 10.1 Å². The molecule has 0 radical (unpaired) electrons. The highest BCUT2D eigenvalue weighted by molar-refractivity contribution is 4.68. The van der Waals surface area contributed by atoms with E-state index >= 15 is 0 Å². The molecule has 1 aliphatic heterocycles. The first-order valence-electron chi connectivity index (χ1n) is 5.98. The topological polar surface area (TPSA) is 21.3 Å². The third-order valence-corrected chi connectivity index (χ3v) is 3.38. The summed E-state index contributed by atoms with van der Waals surface area (Å²) in [6, 6.07) is 0. The van der Waals surface area contributed by atoms with Crippen LogP contribution < -0.4 is 5.32 Å². The number of rotatable bonds is 5. The van der Waals surface area contributed by atoms with Crippen LogP contribution in [-0.4, -0.2) is 26.3 Å². The van der Waals surface area contributed by atoms with Crippen LogP contribution in [0.25, 0.3) is 0 Å². The SMILES string of the molecule is CC(C)C(C)CNCC1CCOCC1. The fraction of sp³-hybridized carbons (Fsp3) is 1.00. The summed E-state index contributed by atoms with van der Waals surface area (Å²) in [5.41, 5.74) is 0. The van der Waals surface area contributed by atoms with Crippen molar-refractivity contribution in [2.45, 2.75) is 33.6 Å². The van der Waals surface area contributed by atoms with Crippen LogP contribution >= 0.6 is 0 Å². The first-order valence-corrected chi connectivity index (χ1v) is 5.98. The van der Waals surface area contributed by atoms with Crippen LogP contribution in [-0.2, 0) is 4.74 Å². The van der Waals surface area contributed by atoms with Crippen LogP contribution in [0.4, 0.5) is 0 Å². The van der Waals surface area contributed by atoms with Crippen molar-refractivity contribution in [2.75, 3.05) is 26.3 Å². The summed E-state index contributed by atoms with van der Waals surface area (Å²) >= 11 is 0. The Morgan fingerprint density at radius 3 is 2.43 bits per heavy atom. The molecule has 1 N–H and O–H groups in total. The molecule has 0 bridgehead atoms. The van der Waals surface area contributed by atoms with Gasteiger partial charge in [-0.05, 0) is 43.7 Å². The molecule has 1 fully saturated rings. The molecule has 2 heteroatoms. The van der Waals surface area contributed by atoms with E-state index in [1.165, 1.54) is 19.4 Å². The maximum atomic E-state index is 5.34. The highest BCUT2D eigenvalue weighted by atomic mass is 16.5. The lowest BCUT2D eigenvalue weighted by Gasteiger charge is -2.23. The quantitative estimate of drug-likeness (QED) is 0.733. The molecule has 0 aromatic carbocycles. The first kappa shape index (κ1) is 12.0. The third kappa shape index (κ3) is 4.43. The predicted molar refractivity (Wildman–Crippen MR) is 60.4 cm³/mol. The van der Waals surface area contributed by atoms with Gasteiger partial charge in [0.1, 0.15) is 0 Å². The van der Waals surface area contributed by atoms with Gasteiger partial charge >= 0.3 is 0 Å². The van der Waals surface area contributed by atoms with E-state index in [0.717, 1.165) is 37.5 Å². The second kappa shape index (κ2) is 6.41. The summed E-state index contributed by atoms with van der Waals surface area (Å²) in [6.07, 6.45) is 2.48. The van der Waals surface area contributed by atoms with Gasteiger partial charge in [0.25, 0.3) is 0 Å². The van der Waals surface area contributed by atoms with Crippen molar-refractivity contribution in [1.29, 1.82) is 0 Å². The zero-order chi connectivity index (χ0) is 10.4. The standard InChI is InChI=1S/C12H25NO/c1-10(2)11(3)8-13-9-12-4-6-14-7-5-12/h10-13H,4-9H2,1-3H3. The average molecular weight is 199 g/mol. The number of nitrogens with one attached hydrogen (secondary N) is 1. The zero-order valence-corrected chi connectivity index (χ0v) is 9.88. The molecule has 0 saturated carbocycles. The molecule has 1 unspecified atom stereocenters. The van der Waals surface area contributed by atoms with Crippen molar-refractivity contribution in [1.82, 2.24) is 5.32 Å². The second-order valence-electron chi connectivity index (χ2n) is 4.94. The summed E-state index contributed by atoms with van der Waals surface area (Å²) < 4.78 is 5.34. The van der Waals surface area contributed by atoms with Gasteiger partial charge in [-0.1, -0.05) is 20.8 Å². The van der Waals surface area contributed by atoms with E-state index in [1.54, 1.807) is 0 Å². The fourth-order valence-electron chi connectivity index (χ4n) is 1.70. The van der Waals surface area contributed by atoms with Crippen molar-refractivity contribution in [2.24, 2.45) is 17.8 Å². The lowest BCUT2D eigenvalue weighted by Crippen LogP contribution is -2.31. The Morgan fingerprint density at radius 1 is 1.21 bits per heavy atom. The van der Waals surface area contributed by atoms with E-state index in [2.05, 4.69) is 26.1 Å². The van der Waals surface area contributed by atoms with E-state index in [-0.39, 0.29) is 0 Å². The Hall–Kier alpha value is -0.0800. The summed E-state index contributed by atoms with van der Waals surface area (Å²) in [5, 5.41) is 3.58. The molecule has 1 heterocycles. The van der Waals surface area contributed by atoms with Crippen molar-refractivity contribution in [3.05, 3.63) is 0 Å². The van der Waals surface area contributed by atoms with Gasteiger partial charge in [-0.3, -0.25) is 0 Å². The largest absolute Gasteiger partial charge is 0.381 e. The Labute approximate surface area is 88.4 Å².